The van der Waals surface area contributed by atoms with Gasteiger partial charge < -0.3 is 5.32 Å². The highest BCUT2D eigenvalue weighted by molar-refractivity contribution is 5.81. The van der Waals surface area contributed by atoms with Crippen molar-refractivity contribution >= 4 is 11.7 Å². The summed E-state index contributed by atoms with van der Waals surface area (Å²) in [6, 6.07) is 0. The number of ketones is 1. The quantitative estimate of drug-likeness (QED) is 0.243. The van der Waals surface area contributed by atoms with Crippen molar-refractivity contribution < 1.29 is 9.59 Å². The SMILES string of the molecule is C=C(CCC(=O)C(C)C)NC(=O)CCCCCCCCCCCCCCC. The Labute approximate surface area is 168 Å². The van der Waals surface area contributed by atoms with Crippen molar-refractivity contribution in [2.24, 2.45) is 5.92 Å². The van der Waals surface area contributed by atoms with Gasteiger partial charge in [-0.1, -0.05) is 104 Å². The van der Waals surface area contributed by atoms with E-state index < -0.39 is 0 Å². The maximum absolute atomic E-state index is 11.9. The average Bonchev–Trinajstić information content (AvgIpc) is 2.63. The second-order valence-electron chi connectivity index (χ2n) is 8.27. The average molecular weight is 380 g/mol. The summed E-state index contributed by atoms with van der Waals surface area (Å²) in [6.07, 6.45) is 18.6. The number of amides is 1. The van der Waals surface area contributed by atoms with Crippen LogP contribution in [-0.2, 0) is 9.59 Å². The molecule has 3 nitrogen and oxygen atoms in total. The first-order valence-electron chi connectivity index (χ1n) is 11.5. The smallest absolute Gasteiger partial charge is 0.224 e. The Bertz CT molecular complexity index is 401. The first-order chi connectivity index (χ1) is 13.0. The van der Waals surface area contributed by atoms with E-state index in [0.29, 0.717) is 25.0 Å². The standard InChI is InChI=1S/C24H45NO2/c1-5-6-7-8-9-10-11-12-13-14-15-16-17-18-24(27)25-22(4)19-20-23(26)21(2)3/h21H,4-20H2,1-3H3,(H,25,27). The van der Waals surface area contributed by atoms with E-state index in [1.165, 1.54) is 70.6 Å². The Morgan fingerprint density at radius 2 is 1.15 bits per heavy atom. The van der Waals surface area contributed by atoms with Crippen LogP contribution in [0.1, 0.15) is 124 Å². The number of hydrogen-bond acceptors (Lipinski definition) is 2. The van der Waals surface area contributed by atoms with E-state index in [1.54, 1.807) is 0 Å². The van der Waals surface area contributed by atoms with Gasteiger partial charge in [0.25, 0.3) is 0 Å². The van der Waals surface area contributed by atoms with Crippen LogP contribution in [-0.4, -0.2) is 11.7 Å². The van der Waals surface area contributed by atoms with Crippen LogP contribution in [0.3, 0.4) is 0 Å². The van der Waals surface area contributed by atoms with E-state index >= 15 is 0 Å². The lowest BCUT2D eigenvalue weighted by atomic mass is 10.0. The topological polar surface area (TPSA) is 46.2 Å². The second-order valence-corrected chi connectivity index (χ2v) is 8.27. The predicted octanol–water partition coefficient (Wildman–Crippen LogP) is 7.10. The molecule has 3 heteroatoms. The molecule has 0 aromatic heterocycles. The Hall–Kier alpha value is -1.12. The van der Waals surface area contributed by atoms with Gasteiger partial charge in [0.05, 0.1) is 0 Å². The second kappa shape index (κ2) is 18.3. The minimum Gasteiger partial charge on any atom is -0.330 e. The van der Waals surface area contributed by atoms with Crippen molar-refractivity contribution in [3.63, 3.8) is 0 Å². The molecule has 27 heavy (non-hydrogen) atoms. The van der Waals surface area contributed by atoms with Gasteiger partial charge in [-0.2, -0.15) is 0 Å². The number of Topliss-reactive ketones (excluding diaryl/α,β-unsaturated/α-hetero) is 1. The molecular formula is C24H45NO2. The van der Waals surface area contributed by atoms with Crippen LogP contribution in [0, 0.1) is 5.92 Å². The molecule has 0 aromatic carbocycles. The zero-order valence-electron chi connectivity index (χ0n) is 18.4. The third-order valence-corrected chi connectivity index (χ3v) is 5.14. The predicted molar refractivity (Wildman–Crippen MR) is 117 cm³/mol. The lowest BCUT2D eigenvalue weighted by Gasteiger charge is -2.09. The first kappa shape index (κ1) is 25.9. The van der Waals surface area contributed by atoms with Crippen LogP contribution < -0.4 is 5.32 Å². The summed E-state index contributed by atoms with van der Waals surface area (Å²) in [7, 11) is 0. The maximum atomic E-state index is 11.9. The lowest BCUT2D eigenvalue weighted by Crippen LogP contribution is -2.22. The molecule has 0 spiro atoms. The van der Waals surface area contributed by atoms with Crippen molar-refractivity contribution in [2.75, 3.05) is 0 Å². The van der Waals surface area contributed by atoms with E-state index in [0.717, 1.165) is 12.8 Å². The highest BCUT2D eigenvalue weighted by Crippen LogP contribution is 2.13. The molecule has 0 saturated carbocycles. The van der Waals surface area contributed by atoms with Crippen LogP contribution in [0.25, 0.3) is 0 Å². The van der Waals surface area contributed by atoms with Crippen molar-refractivity contribution in [1.82, 2.24) is 5.32 Å². The zero-order chi connectivity index (χ0) is 20.3. The van der Waals surface area contributed by atoms with Crippen LogP contribution in [0.4, 0.5) is 0 Å². The Morgan fingerprint density at radius 1 is 0.704 bits per heavy atom. The molecule has 158 valence electrons. The van der Waals surface area contributed by atoms with Gasteiger partial charge in [-0.05, 0) is 12.8 Å². The van der Waals surface area contributed by atoms with E-state index in [-0.39, 0.29) is 17.6 Å². The highest BCUT2D eigenvalue weighted by Gasteiger charge is 2.09. The molecule has 0 unspecified atom stereocenters. The molecule has 0 aliphatic rings. The maximum Gasteiger partial charge on any atom is 0.224 e. The summed E-state index contributed by atoms with van der Waals surface area (Å²) in [4.78, 5) is 23.5. The minimum absolute atomic E-state index is 0.0417. The fraction of sp³-hybridized carbons (Fsp3) is 0.833. The minimum atomic E-state index is 0.0417. The molecule has 0 atom stereocenters. The van der Waals surface area contributed by atoms with Gasteiger partial charge in [0, 0.05) is 24.5 Å². The van der Waals surface area contributed by atoms with Gasteiger partial charge in [-0.25, -0.2) is 0 Å². The van der Waals surface area contributed by atoms with Crippen molar-refractivity contribution in [3.05, 3.63) is 12.3 Å². The molecule has 1 N–H and O–H groups in total. The van der Waals surface area contributed by atoms with E-state index in [4.69, 9.17) is 0 Å². The summed E-state index contributed by atoms with van der Waals surface area (Å²) < 4.78 is 0. The molecule has 0 radical (unpaired) electrons. The van der Waals surface area contributed by atoms with Crippen LogP contribution >= 0.6 is 0 Å². The highest BCUT2D eigenvalue weighted by atomic mass is 16.1. The lowest BCUT2D eigenvalue weighted by molar-refractivity contribution is -0.122. The van der Waals surface area contributed by atoms with Crippen molar-refractivity contribution in [3.8, 4) is 0 Å². The summed E-state index contributed by atoms with van der Waals surface area (Å²) in [5.74, 6) is 0.321. The van der Waals surface area contributed by atoms with Gasteiger partial charge in [0.15, 0.2) is 0 Å². The Morgan fingerprint density at radius 3 is 1.59 bits per heavy atom. The molecule has 0 heterocycles. The van der Waals surface area contributed by atoms with Crippen LogP contribution in [0.2, 0.25) is 0 Å². The van der Waals surface area contributed by atoms with Crippen molar-refractivity contribution in [2.45, 2.75) is 124 Å². The molecule has 0 saturated heterocycles. The summed E-state index contributed by atoms with van der Waals surface area (Å²) in [6.45, 7) is 9.92. The van der Waals surface area contributed by atoms with Crippen LogP contribution in [0.15, 0.2) is 12.3 Å². The van der Waals surface area contributed by atoms with Crippen molar-refractivity contribution in [1.29, 1.82) is 0 Å². The number of rotatable bonds is 19. The van der Waals surface area contributed by atoms with E-state index in [2.05, 4.69) is 18.8 Å². The van der Waals surface area contributed by atoms with E-state index in [1.807, 2.05) is 13.8 Å². The van der Waals surface area contributed by atoms with Gasteiger partial charge in [0.1, 0.15) is 5.78 Å². The third kappa shape index (κ3) is 18.0. The van der Waals surface area contributed by atoms with Gasteiger partial charge in [0.2, 0.25) is 5.91 Å². The molecule has 0 aliphatic carbocycles. The number of carbonyl (C=O) groups is 2. The monoisotopic (exact) mass is 379 g/mol. The number of hydrogen-bond donors (Lipinski definition) is 1. The number of nitrogens with one attached hydrogen (secondary N) is 1. The molecule has 0 fully saturated rings. The number of carbonyl (C=O) groups excluding carboxylic acids is 2. The summed E-state index contributed by atoms with van der Waals surface area (Å²) >= 11 is 0. The first-order valence-corrected chi connectivity index (χ1v) is 11.5. The Balaban J connectivity index is 3.38. The Kier molecular flexibility index (Phi) is 17.5. The number of allylic oxidation sites excluding steroid dienone is 1. The van der Waals surface area contributed by atoms with Crippen LogP contribution in [0.5, 0.6) is 0 Å². The molecule has 0 bridgehead atoms. The number of unbranched alkanes of at least 4 members (excludes halogenated alkanes) is 12. The molecule has 0 aliphatic heterocycles. The molecular weight excluding hydrogens is 334 g/mol. The molecule has 0 aromatic rings. The van der Waals surface area contributed by atoms with Gasteiger partial charge in [-0.15, -0.1) is 0 Å². The molecule has 1 amide bonds. The van der Waals surface area contributed by atoms with Gasteiger partial charge in [-0.3, -0.25) is 9.59 Å². The summed E-state index contributed by atoms with van der Waals surface area (Å²) in [5, 5.41) is 2.83. The summed E-state index contributed by atoms with van der Waals surface area (Å²) in [5.41, 5.74) is 0.670. The van der Waals surface area contributed by atoms with E-state index in [9.17, 15) is 9.59 Å². The van der Waals surface area contributed by atoms with Gasteiger partial charge >= 0.3 is 0 Å². The fourth-order valence-electron chi connectivity index (χ4n) is 3.19. The zero-order valence-corrected chi connectivity index (χ0v) is 18.4. The molecule has 0 rings (SSSR count). The third-order valence-electron chi connectivity index (χ3n) is 5.14. The normalized spacial score (nSPS) is 11.0. The fourth-order valence-corrected chi connectivity index (χ4v) is 3.19. The largest absolute Gasteiger partial charge is 0.330 e.